The Morgan fingerprint density at radius 2 is 1.81 bits per heavy atom. The Labute approximate surface area is 155 Å². The minimum Gasteiger partial charge on any atom is -0.496 e. The molecule has 0 spiro atoms. The first kappa shape index (κ1) is 16.8. The third kappa shape index (κ3) is 2.60. The van der Waals surface area contributed by atoms with Crippen LogP contribution in [0.5, 0.6) is 5.75 Å². The lowest BCUT2D eigenvalue weighted by atomic mass is 9.96. The summed E-state index contributed by atoms with van der Waals surface area (Å²) in [4.78, 5) is 15.3. The smallest absolute Gasteiger partial charge is 0.266 e. The van der Waals surface area contributed by atoms with Crippen LogP contribution in [-0.4, -0.2) is 19.2 Å². The first-order valence-electron chi connectivity index (χ1n) is 8.37. The highest BCUT2D eigenvalue weighted by Gasteiger charge is 2.16. The van der Waals surface area contributed by atoms with Crippen LogP contribution < -0.4 is 10.3 Å². The van der Waals surface area contributed by atoms with Gasteiger partial charge in [-0.1, -0.05) is 24.3 Å². The van der Waals surface area contributed by atoms with Gasteiger partial charge in [0, 0.05) is 29.0 Å². The molecule has 2 aromatic heterocycles. The molecule has 0 aliphatic carbocycles. The first-order chi connectivity index (χ1) is 12.6. The average molecular weight is 365 g/mol. The molecule has 2 aromatic carbocycles. The van der Waals surface area contributed by atoms with Crippen molar-refractivity contribution in [1.82, 2.24) is 4.98 Å². The number of nitrogens with one attached hydrogen (secondary N) is 1. The predicted molar refractivity (Wildman–Crippen MR) is 107 cm³/mol. The molecular weight excluding hydrogens is 346 g/mol. The number of thiophene rings is 1. The molecule has 26 heavy (non-hydrogen) atoms. The summed E-state index contributed by atoms with van der Waals surface area (Å²) in [5, 5.41) is 3.91. The summed E-state index contributed by atoms with van der Waals surface area (Å²) in [5.74, 6) is 0.782. The quantitative estimate of drug-likeness (QED) is 0.546. The highest BCUT2D eigenvalue weighted by molar-refractivity contribution is 7.17. The molecule has 5 heteroatoms. The van der Waals surface area contributed by atoms with E-state index in [-0.39, 0.29) is 11.7 Å². The van der Waals surface area contributed by atoms with Crippen molar-refractivity contribution in [2.24, 2.45) is 0 Å². The van der Waals surface area contributed by atoms with E-state index in [1.807, 2.05) is 30.5 Å². The third-order valence-electron chi connectivity index (χ3n) is 4.80. The molecular formula is C21H19NO3S. The maximum atomic E-state index is 12.3. The summed E-state index contributed by atoms with van der Waals surface area (Å²) in [6.45, 7) is 2.02. The van der Waals surface area contributed by atoms with E-state index in [2.05, 4.69) is 29.2 Å². The first-order valence-corrected chi connectivity index (χ1v) is 9.25. The van der Waals surface area contributed by atoms with Gasteiger partial charge < -0.3 is 14.5 Å². The molecule has 4 nitrogen and oxygen atoms in total. The van der Waals surface area contributed by atoms with Crippen LogP contribution in [0, 0.1) is 0 Å². The second-order valence-corrected chi connectivity index (χ2v) is 7.10. The number of aromatic amines is 1. The van der Waals surface area contributed by atoms with Gasteiger partial charge in [0.2, 0.25) is 0 Å². The molecule has 0 saturated carbocycles. The molecule has 4 aromatic rings. The number of aromatic nitrogens is 1. The Morgan fingerprint density at radius 3 is 2.50 bits per heavy atom. The summed E-state index contributed by atoms with van der Waals surface area (Å²) >= 11 is 1.45. The number of benzene rings is 2. The Bertz CT molecular complexity index is 1140. The molecule has 0 radical (unpaired) electrons. The maximum absolute atomic E-state index is 12.3. The number of pyridine rings is 1. The van der Waals surface area contributed by atoms with Crippen LogP contribution >= 0.6 is 11.3 Å². The highest BCUT2D eigenvalue weighted by Crippen LogP contribution is 2.40. The Hall–Kier alpha value is -2.63. The summed E-state index contributed by atoms with van der Waals surface area (Å²) < 4.78 is 11.8. The van der Waals surface area contributed by atoms with E-state index in [0.717, 1.165) is 43.4 Å². The van der Waals surface area contributed by atoms with Crippen LogP contribution in [0.15, 0.2) is 52.6 Å². The largest absolute Gasteiger partial charge is 0.496 e. The summed E-state index contributed by atoms with van der Waals surface area (Å²) in [6, 6.07) is 14.1. The van der Waals surface area contributed by atoms with Crippen LogP contribution in [0.3, 0.4) is 0 Å². The molecule has 1 unspecified atom stereocenters. The van der Waals surface area contributed by atoms with Crippen molar-refractivity contribution in [2.75, 3.05) is 14.2 Å². The minimum absolute atomic E-state index is 0.0402. The fourth-order valence-electron chi connectivity index (χ4n) is 3.34. The zero-order valence-corrected chi connectivity index (χ0v) is 15.6. The molecule has 4 rings (SSSR count). The van der Waals surface area contributed by atoms with Crippen molar-refractivity contribution >= 4 is 32.3 Å². The third-order valence-corrected chi connectivity index (χ3v) is 5.71. The van der Waals surface area contributed by atoms with Crippen molar-refractivity contribution in [2.45, 2.75) is 13.0 Å². The van der Waals surface area contributed by atoms with E-state index >= 15 is 0 Å². The maximum Gasteiger partial charge on any atom is 0.266 e. The van der Waals surface area contributed by atoms with Crippen molar-refractivity contribution in [3.8, 4) is 16.9 Å². The van der Waals surface area contributed by atoms with E-state index in [4.69, 9.17) is 9.47 Å². The van der Waals surface area contributed by atoms with Crippen LogP contribution in [-0.2, 0) is 4.74 Å². The molecule has 0 amide bonds. The van der Waals surface area contributed by atoms with Crippen molar-refractivity contribution in [1.29, 1.82) is 0 Å². The van der Waals surface area contributed by atoms with E-state index in [1.165, 1.54) is 11.3 Å². The Balaban J connectivity index is 2.04. The van der Waals surface area contributed by atoms with Crippen LogP contribution in [0.1, 0.15) is 18.6 Å². The fourth-order valence-corrected chi connectivity index (χ4v) is 4.14. The second kappa shape index (κ2) is 6.59. The molecule has 0 aliphatic heterocycles. The van der Waals surface area contributed by atoms with Gasteiger partial charge in [-0.25, -0.2) is 0 Å². The second-order valence-electron chi connectivity index (χ2n) is 6.18. The molecule has 0 bridgehead atoms. The monoisotopic (exact) mass is 365 g/mol. The number of H-pyrrole nitrogens is 1. The summed E-state index contributed by atoms with van der Waals surface area (Å²) in [6.07, 6.45) is 0.0402. The summed E-state index contributed by atoms with van der Waals surface area (Å²) in [7, 11) is 3.37. The average Bonchev–Trinajstić information content (AvgIpc) is 3.17. The van der Waals surface area contributed by atoms with E-state index in [0.29, 0.717) is 0 Å². The normalized spacial score (nSPS) is 12.6. The van der Waals surface area contributed by atoms with Crippen LogP contribution in [0.4, 0.5) is 0 Å². The number of hydrogen-bond acceptors (Lipinski definition) is 4. The van der Waals surface area contributed by atoms with Gasteiger partial charge in [-0.2, -0.15) is 0 Å². The SMILES string of the molecule is COc1ccc2[nH]c(=O)c3sccc3c2c1-c1ccc(C(C)OC)cc1. The molecule has 132 valence electrons. The van der Waals surface area contributed by atoms with Crippen molar-refractivity contribution < 1.29 is 9.47 Å². The minimum atomic E-state index is -0.0529. The van der Waals surface area contributed by atoms with Gasteiger partial charge in [-0.05, 0) is 41.6 Å². The zero-order valence-electron chi connectivity index (χ0n) is 14.8. The lowest BCUT2D eigenvalue weighted by Gasteiger charge is -2.15. The van der Waals surface area contributed by atoms with Gasteiger partial charge in [-0.3, -0.25) is 4.79 Å². The zero-order chi connectivity index (χ0) is 18.3. The van der Waals surface area contributed by atoms with E-state index < -0.39 is 0 Å². The van der Waals surface area contributed by atoms with Gasteiger partial charge in [-0.15, -0.1) is 11.3 Å². The highest BCUT2D eigenvalue weighted by atomic mass is 32.1. The van der Waals surface area contributed by atoms with Crippen molar-refractivity contribution in [3.05, 3.63) is 63.8 Å². The van der Waals surface area contributed by atoms with Gasteiger partial charge in [0.05, 0.1) is 13.2 Å². The Kier molecular flexibility index (Phi) is 4.26. The lowest BCUT2D eigenvalue weighted by molar-refractivity contribution is 0.119. The van der Waals surface area contributed by atoms with Gasteiger partial charge in [0.1, 0.15) is 10.4 Å². The Morgan fingerprint density at radius 1 is 1.04 bits per heavy atom. The molecule has 0 aliphatic rings. The van der Waals surface area contributed by atoms with Crippen LogP contribution in [0.25, 0.3) is 32.1 Å². The van der Waals surface area contributed by atoms with E-state index in [9.17, 15) is 4.79 Å². The molecule has 1 N–H and O–H groups in total. The van der Waals surface area contributed by atoms with Gasteiger partial charge in [0.15, 0.2) is 0 Å². The molecule has 1 atom stereocenters. The van der Waals surface area contributed by atoms with Crippen molar-refractivity contribution in [3.63, 3.8) is 0 Å². The summed E-state index contributed by atoms with van der Waals surface area (Å²) in [5.41, 5.74) is 3.90. The number of rotatable bonds is 4. The van der Waals surface area contributed by atoms with Gasteiger partial charge >= 0.3 is 0 Å². The van der Waals surface area contributed by atoms with Crippen LogP contribution in [0.2, 0.25) is 0 Å². The number of fused-ring (bicyclic) bond motifs is 3. The standard InChI is InChI=1S/C21H19NO3S/c1-12(24-2)13-4-6-14(7-5-13)18-17(25-3)9-8-16-19(18)15-10-11-26-20(15)21(23)22-16/h4-12H,1-3H3,(H,22,23). The fraction of sp³-hybridized carbons (Fsp3) is 0.190. The van der Waals surface area contributed by atoms with E-state index in [1.54, 1.807) is 14.2 Å². The molecule has 2 heterocycles. The lowest BCUT2D eigenvalue weighted by Crippen LogP contribution is -2.05. The topological polar surface area (TPSA) is 51.3 Å². The predicted octanol–water partition coefficient (Wildman–Crippen LogP) is 5.13. The molecule has 0 fully saturated rings. The number of ether oxygens (including phenoxy) is 2. The van der Waals surface area contributed by atoms with Gasteiger partial charge in [0.25, 0.3) is 5.56 Å². The number of methoxy groups -OCH3 is 2. The molecule has 0 saturated heterocycles. The number of hydrogen-bond donors (Lipinski definition) is 1.